The second-order valence-corrected chi connectivity index (χ2v) is 5.97. The van der Waals surface area contributed by atoms with Gasteiger partial charge in [0, 0.05) is 0 Å². The number of carbonyl (C=O) groups excluding carboxylic acids is 1. The fourth-order valence-electron chi connectivity index (χ4n) is 1.86. The minimum atomic E-state index is -0.238. The van der Waals surface area contributed by atoms with E-state index in [9.17, 15) is 4.79 Å². The fraction of sp³-hybridized carbons (Fsp3) is 0.312. The van der Waals surface area contributed by atoms with E-state index >= 15 is 0 Å². The van der Waals surface area contributed by atoms with Crippen LogP contribution in [-0.4, -0.2) is 23.7 Å². The van der Waals surface area contributed by atoms with Gasteiger partial charge in [-0.05, 0) is 38.0 Å². The summed E-state index contributed by atoms with van der Waals surface area (Å²) >= 11 is 1.36. The molecule has 0 radical (unpaired) electrons. The molecule has 1 aromatic carbocycles. The van der Waals surface area contributed by atoms with Gasteiger partial charge in [-0.1, -0.05) is 19.1 Å². The minimum Gasteiger partial charge on any atom is -0.494 e. The van der Waals surface area contributed by atoms with E-state index in [0.29, 0.717) is 11.5 Å². The monoisotopic (exact) mass is 317 g/mol. The lowest BCUT2D eigenvalue weighted by molar-refractivity contribution is 0.0958. The highest BCUT2D eigenvalue weighted by molar-refractivity contribution is 7.13. The maximum atomic E-state index is 12.0. The van der Waals surface area contributed by atoms with Gasteiger partial charge >= 0.3 is 0 Å². The fourth-order valence-corrected chi connectivity index (χ4v) is 2.67. The molecule has 0 aliphatic heterocycles. The molecule has 0 spiro atoms. The number of carbonyl (C=O) groups is 1. The van der Waals surface area contributed by atoms with Crippen LogP contribution in [0.25, 0.3) is 0 Å². The summed E-state index contributed by atoms with van der Waals surface area (Å²) in [5, 5.41) is 4.86. The molecule has 2 aromatic rings. The topological polar surface area (TPSA) is 63.6 Å². The standard InChI is InChI=1S/C16H19N3O2S/c1-4-8-21-14-7-5-6-13(9-14)10-17-19-16(20)15-11(2)18-12(3)22-15/h5-7,9-10H,4,8H2,1-3H3,(H,19,20)/b17-10+. The first-order valence-corrected chi connectivity index (χ1v) is 7.92. The zero-order valence-corrected chi connectivity index (χ0v) is 13.7. The van der Waals surface area contributed by atoms with Crippen molar-refractivity contribution in [3.8, 4) is 5.75 Å². The van der Waals surface area contributed by atoms with Crippen LogP contribution in [0.2, 0.25) is 0 Å². The molecular formula is C16H19N3O2S. The van der Waals surface area contributed by atoms with Crippen LogP contribution in [0.15, 0.2) is 29.4 Å². The molecule has 0 bridgehead atoms. The number of hydrogen-bond donors (Lipinski definition) is 1. The highest BCUT2D eigenvalue weighted by Gasteiger charge is 2.12. The Morgan fingerprint density at radius 3 is 2.95 bits per heavy atom. The highest BCUT2D eigenvalue weighted by atomic mass is 32.1. The molecule has 2 rings (SSSR count). The molecular weight excluding hydrogens is 298 g/mol. The molecule has 0 aliphatic carbocycles. The van der Waals surface area contributed by atoms with Crippen molar-refractivity contribution in [3.63, 3.8) is 0 Å². The van der Waals surface area contributed by atoms with Gasteiger partial charge in [0.1, 0.15) is 10.6 Å². The molecule has 1 aromatic heterocycles. The number of aryl methyl sites for hydroxylation is 2. The molecule has 0 saturated carbocycles. The highest BCUT2D eigenvalue weighted by Crippen LogP contribution is 2.16. The Morgan fingerprint density at radius 1 is 1.45 bits per heavy atom. The van der Waals surface area contributed by atoms with E-state index < -0.39 is 0 Å². The minimum absolute atomic E-state index is 0.238. The van der Waals surface area contributed by atoms with Crippen molar-refractivity contribution in [3.05, 3.63) is 45.4 Å². The first-order valence-electron chi connectivity index (χ1n) is 7.10. The molecule has 22 heavy (non-hydrogen) atoms. The van der Waals surface area contributed by atoms with E-state index in [1.165, 1.54) is 11.3 Å². The third-order valence-corrected chi connectivity index (χ3v) is 3.89. The summed E-state index contributed by atoms with van der Waals surface area (Å²) in [4.78, 5) is 16.8. The predicted octanol–water partition coefficient (Wildman–Crippen LogP) is 3.31. The van der Waals surface area contributed by atoms with E-state index in [1.54, 1.807) is 6.21 Å². The van der Waals surface area contributed by atoms with Crippen LogP contribution >= 0.6 is 11.3 Å². The lowest BCUT2D eigenvalue weighted by atomic mass is 10.2. The Bertz CT molecular complexity index is 680. The van der Waals surface area contributed by atoms with Crippen molar-refractivity contribution in [2.45, 2.75) is 27.2 Å². The summed E-state index contributed by atoms with van der Waals surface area (Å²) in [6, 6.07) is 7.57. The van der Waals surface area contributed by atoms with Crippen molar-refractivity contribution >= 4 is 23.5 Å². The summed E-state index contributed by atoms with van der Waals surface area (Å²) in [6.45, 7) is 6.43. The second-order valence-electron chi connectivity index (χ2n) is 4.77. The molecule has 0 aliphatic rings. The molecule has 116 valence electrons. The van der Waals surface area contributed by atoms with Gasteiger partial charge in [-0.15, -0.1) is 11.3 Å². The number of rotatable bonds is 6. The number of hydrazone groups is 1. The third-order valence-electron chi connectivity index (χ3n) is 2.82. The quantitative estimate of drug-likeness (QED) is 0.656. The number of nitrogens with zero attached hydrogens (tertiary/aromatic N) is 2. The SMILES string of the molecule is CCCOc1cccc(/C=N/NC(=O)c2sc(C)nc2C)c1. The average molecular weight is 317 g/mol. The number of thiazole rings is 1. The summed E-state index contributed by atoms with van der Waals surface area (Å²) in [6.07, 6.45) is 2.56. The van der Waals surface area contributed by atoms with Crippen LogP contribution < -0.4 is 10.2 Å². The van der Waals surface area contributed by atoms with Crippen molar-refractivity contribution in [1.29, 1.82) is 0 Å². The van der Waals surface area contributed by atoms with Crippen molar-refractivity contribution in [1.82, 2.24) is 10.4 Å². The maximum absolute atomic E-state index is 12.0. The van der Waals surface area contributed by atoms with Gasteiger partial charge in [-0.25, -0.2) is 10.4 Å². The van der Waals surface area contributed by atoms with E-state index in [2.05, 4.69) is 22.4 Å². The van der Waals surface area contributed by atoms with Gasteiger partial charge in [0.15, 0.2) is 0 Å². The summed E-state index contributed by atoms with van der Waals surface area (Å²) < 4.78 is 5.56. The third kappa shape index (κ3) is 4.39. The van der Waals surface area contributed by atoms with Crippen LogP contribution in [0.4, 0.5) is 0 Å². The van der Waals surface area contributed by atoms with Crippen molar-refractivity contribution in [2.75, 3.05) is 6.61 Å². The Hall–Kier alpha value is -2.21. The molecule has 0 atom stereocenters. The van der Waals surface area contributed by atoms with Gasteiger partial charge in [0.25, 0.3) is 5.91 Å². The summed E-state index contributed by atoms with van der Waals surface area (Å²) in [7, 11) is 0. The number of amides is 1. The lowest BCUT2D eigenvalue weighted by Crippen LogP contribution is -2.17. The van der Waals surface area contributed by atoms with Crippen LogP contribution in [0.1, 0.15) is 39.3 Å². The van der Waals surface area contributed by atoms with Gasteiger partial charge in [-0.3, -0.25) is 4.79 Å². The maximum Gasteiger partial charge on any atom is 0.283 e. The zero-order valence-electron chi connectivity index (χ0n) is 12.9. The number of aromatic nitrogens is 1. The molecule has 1 N–H and O–H groups in total. The Labute approximate surface area is 134 Å². The molecule has 1 heterocycles. The molecule has 0 fully saturated rings. The second kappa shape index (κ2) is 7.70. The average Bonchev–Trinajstić information content (AvgIpc) is 2.84. The number of hydrogen-bond acceptors (Lipinski definition) is 5. The van der Waals surface area contributed by atoms with Gasteiger partial charge in [0.05, 0.1) is 23.5 Å². The number of benzene rings is 1. The largest absolute Gasteiger partial charge is 0.494 e. The Balaban J connectivity index is 1.97. The van der Waals surface area contributed by atoms with Gasteiger partial charge in [0.2, 0.25) is 0 Å². The molecule has 0 saturated heterocycles. The molecule has 5 nitrogen and oxygen atoms in total. The first kappa shape index (κ1) is 16.2. The van der Waals surface area contributed by atoms with Crippen LogP contribution in [0.5, 0.6) is 5.75 Å². The molecule has 1 amide bonds. The molecule has 0 unspecified atom stereocenters. The number of nitrogens with one attached hydrogen (secondary N) is 1. The van der Waals surface area contributed by atoms with Crippen LogP contribution in [-0.2, 0) is 0 Å². The molecule has 6 heteroatoms. The van der Waals surface area contributed by atoms with E-state index in [1.807, 2.05) is 38.1 Å². The normalized spacial score (nSPS) is 10.9. The summed E-state index contributed by atoms with van der Waals surface area (Å²) in [5.74, 6) is 0.559. The smallest absolute Gasteiger partial charge is 0.283 e. The van der Waals surface area contributed by atoms with Crippen molar-refractivity contribution < 1.29 is 9.53 Å². The van der Waals surface area contributed by atoms with Crippen LogP contribution in [0.3, 0.4) is 0 Å². The Morgan fingerprint density at radius 2 is 2.27 bits per heavy atom. The van der Waals surface area contributed by atoms with Gasteiger partial charge in [-0.2, -0.15) is 5.10 Å². The first-order chi connectivity index (χ1) is 10.6. The van der Waals surface area contributed by atoms with Gasteiger partial charge < -0.3 is 4.74 Å². The van der Waals surface area contributed by atoms with E-state index in [-0.39, 0.29) is 5.91 Å². The predicted molar refractivity (Wildman–Crippen MR) is 88.9 cm³/mol. The summed E-state index contributed by atoms with van der Waals surface area (Å²) in [5.41, 5.74) is 4.12. The lowest BCUT2D eigenvalue weighted by Gasteiger charge is -2.04. The Kier molecular flexibility index (Phi) is 5.66. The number of ether oxygens (including phenoxy) is 1. The van der Waals surface area contributed by atoms with E-state index in [4.69, 9.17) is 4.74 Å². The van der Waals surface area contributed by atoms with E-state index in [0.717, 1.165) is 28.4 Å². The van der Waals surface area contributed by atoms with Crippen molar-refractivity contribution in [2.24, 2.45) is 5.10 Å². The van der Waals surface area contributed by atoms with Crippen LogP contribution in [0, 0.1) is 13.8 Å². The zero-order chi connectivity index (χ0) is 15.9.